The first-order valence-corrected chi connectivity index (χ1v) is 14.1. The number of carbonyl (C=O) groups excluding carboxylic acids is 3. The second-order valence-electron chi connectivity index (χ2n) is 11.8. The Kier molecular flexibility index (Phi) is 8.90. The van der Waals surface area contributed by atoms with Crippen LogP contribution in [0.1, 0.15) is 66.4 Å². The number of hydrogen-bond acceptors (Lipinski definition) is 8. The number of hydrogen-bond donors (Lipinski definition) is 1. The Morgan fingerprint density at radius 1 is 0.975 bits per heavy atom. The number of ether oxygens (including phenoxy) is 4. The molecular formula is C32H42O8. The standard InChI is InChI=1S/C32H42O8/c1-17-24-13-25-18(2)26(36)15-28(38-20(4)33)32(25,7)31(40-22(6)35)30(39-21(5)34)29(17)19(3)27(14-24)37-16-23-11-9-8-10-12-23/h8-12,17,24-28,30-31,36H,2,13-16H2,1,3-7H3/t17-,24-,25-,26+,27+,28+,30-,31+,32+/m1/s1. The van der Waals surface area contributed by atoms with Gasteiger partial charge in [0.1, 0.15) is 6.10 Å². The zero-order valence-electron chi connectivity index (χ0n) is 24.3. The number of benzene rings is 1. The maximum atomic E-state index is 12.6. The summed E-state index contributed by atoms with van der Waals surface area (Å²) in [7, 11) is 0. The van der Waals surface area contributed by atoms with Gasteiger partial charge in [-0.1, -0.05) is 50.8 Å². The van der Waals surface area contributed by atoms with Gasteiger partial charge in [-0.3, -0.25) is 14.4 Å². The molecule has 0 radical (unpaired) electrons. The van der Waals surface area contributed by atoms with Crippen LogP contribution in [0.2, 0.25) is 0 Å². The Bertz CT molecular complexity index is 1170. The molecule has 0 saturated heterocycles. The van der Waals surface area contributed by atoms with E-state index in [1.807, 2.05) is 44.2 Å². The molecule has 4 rings (SSSR count). The molecule has 0 spiro atoms. The number of carbonyl (C=O) groups is 3. The highest BCUT2D eigenvalue weighted by Gasteiger charge is 2.62. The molecule has 0 aliphatic heterocycles. The second-order valence-corrected chi connectivity index (χ2v) is 11.8. The van der Waals surface area contributed by atoms with E-state index < -0.39 is 47.7 Å². The molecule has 3 aliphatic carbocycles. The van der Waals surface area contributed by atoms with Crippen molar-refractivity contribution in [3.05, 3.63) is 59.2 Å². The van der Waals surface area contributed by atoms with Crippen molar-refractivity contribution < 1.29 is 38.4 Å². The molecule has 2 fully saturated rings. The third-order valence-corrected chi connectivity index (χ3v) is 9.33. The maximum absolute atomic E-state index is 12.6. The van der Waals surface area contributed by atoms with Gasteiger partial charge in [-0.05, 0) is 59.8 Å². The molecule has 1 N–H and O–H groups in total. The zero-order valence-corrected chi connectivity index (χ0v) is 24.3. The molecule has 40 heavy (non-hydrogen) atoms. The van der Waals surface area contributed by atoms with E-state index >= 15 is 0 Å². The van der Waals surface area contributed by atoms with Crippen LogP contribution in [0.15, 0.2) is 53.6 Å². The fraction of sp³-hybridized carbons (Fsp3) is 0.594. The summed E-state index contributed by atoms with van der Waals surface area (Å²) in [5.41, 5.74) is 2.45. The summed E-state index contributed by atoms with van der Waals surface area (Å²) in [6, 6.07) is 9.92. The van der Waals surface area contributed by atoms with Gasteiger partial charge in [0.25, 0.3) is 0 Å². The van der Waals surface area contributed by atoms with Crippen LogP contribution in [0, 0.1) is 23.2 Å². The van der Waals surface area contributed by atoms with Crippen LogP contribution in [-0.2, 0) is 39.9 Å². The van der Waals surface area contributed by atoms with E-state index in [1.165, 1.54) is 20.8 Å². The van der Waals surface area contributed by atoms with Gasteiger partial charge in [-0.25, -0.2) is 0 Å². The predicted octanol–water partition coefficient (Wildman–Crippen LogP) is 4.69. The zero-order chi connectivity index (χ0) is 29.4. The fourth-order valence-electron chi connectivity index (χ4n) is 7.29. The number of fused-ring (bicyclic) bond motifs is 3. The minimum atomic E-state index is -1.02. The highest BCUT2D eigenvalue weighted by Crippen LogP contribution is 2.57. The molecule has 0 amide bonds. The van der Waals surface area contributed by atoms with Gasteiger partial charge < -0.3 is 24.1 Å². The van der Waals surface area contributed by atoms with Gasteiger partial charge in [0.05, 0.1) is 24.2 Å². The highest BCUT2D eigenvalue weighted by atomic mass is 16.6. The van der Waals surface area contributed by atoms with E-state index in [1.54, 1.807) is 0 Å². The third-order valence-electron chi connectivity index (χ3n) is 9.33. The van der Waals surface area contributed by atoms with Gasteiger partial charge in [-0.2, -0.15) is 0 Å². The quantitative estimate of drug-likeness (QED) is 0.307. The molecule has 9 atom stereocenters. The van der Waals surface area contributed by atoms with Crippen molar-refractivity contribution in [3.63, 3.8) is 0 Å². The van der Waals surface area contributed by atoms with E-state index in [2.05, 4.69) is 13.5 Å². The first-order valence-electron chi connectivity index (χ1n) is 14.1. The Balaban J connectivity index is 1.88. The van der Waals surface area contributed by atoms with Crippen molar-refractivity contribution in [2.75, 3.05) is 0 Å². The van der Waals surface area contributed by atoms with Crippen molar-refractivity contribution in [1.82, 2.24) is 0 Å². The fourth-order valence-corrected chi connectivity index (χ4v) is 7.29. The minimum Gasteiger partial charge on any atom is -0.462 e. The van der Waals surface area contributed by atoms with E-state index in [-0.39, 0.29) is 30.3 Å². The topological polar surface area (TPSA) is 108 Å². The second kappa shape index (κ2) is 11.9. The van der Waals surface area contributed by atoms with Gasteiger partial charge in [-0.15, -0.1) is 0 Å². The number of esters is 3. The molecule has 0 unspecified atom stereocenters. The highest BCUT2D eigenvalue weighted by molar-refractivity contribution is 5.68. The molecular weight excluding hydrogens is 512 g/mol. The van der Waals surface area contributed by atoms with Crippen molar-refractivity contribution in [3.8, 4) is 0 Å². The summed E-state index contributed by atoms with van der Waals surface area (Å²) in [5.74, 6) is -1.89. The normalized spacial score (nSPS) is 35.6. The van der Waals surface area contributed by atoms with Crippen molar-refractivity contribution in [2.24, 2.45) is 23.2 Å². The lowest BCUT2D eigenvalue weighted by atomic mass is 9.52. The average Bonchev–Trinajstić information content (AvgIpc) is 2.88. The molecule has 2 bridgehead atoms. The lowest BCUT2D eigenvalue weighted by Gasteiger charge is -2.57. The third kappa shape index (κ3) is 5.75. The number of aliphatic hydroxyl groups is 1. The van der Waals surface area contributed by atoms with Crippen molar-refractivity contribution in [1.29, 1.82) is 0 Å². The van der Waals surface area contributed by atoms with Crippen molar-refractivity contribution >= 4 is 17.9 Å². The van der Waals surface area contributed by atoms with Gasteiger partial charge in [0.15, 0.2) is 12.2 Å². The molecule has 218 valence electrons. The molecule has 8 heteroatoms. The SMILES string of the molecule is C=C1[C@H]2C[C@@H]3C[C@H](OCc4ccccc4)C(C)=C([C@@H](OC(C)=O)[C@H](OC(C)=O)[C@]2(C)[C@@H](OC(C)=O)C[C@@H]1O)[C@@H]3C. The monoisotopic (exact) mass is 554 g/mol. The molecule has 2 saturated carbocycles. The first kappa shape index (κ1) is 30.0. The van der Waals surface area contributed by atoms with Crippen LogP contribution in [0.3, 0.4) is 0 Å². The molecule has 1 aromatic rings. The largest absolute Gasteiger partial charge is 0.462 e. The van der Waals surface area contributed by atoms with Crippen LogP contribution < -0.4 is 0 Å². The Morgan fingerprint density at radius 2 is 1.60 bits per heavy atom. The van der Waals surface area contributed by atoms with Crippen LogP contribution in [0.25, 0.3) is 0 Å². The summed E-state index contributed by atoms with van der Waals surface area (Å²) in [4.78, 5) is 37.4. The number of rotatable bonds is 6. The average molecular weight is 555 g/mol. The van der Waals surface area contributed by atoms with Gasteiger partial charge in [0, 0.05) is 27.2 Å². The number of aliphatic hydroxyl groups excluding tert-OH is 1. The lowest BCUT2D eigenvalue weighted by Crippen LogP contribution is -2.63. The summed E-state index contributed by atoms with van der Waals surface area (Å²) in [6.07, 6.45) is -2.42. The summed E-state index contributed by atoms with van der Waals surface area (Å²) in [5, 5.41) is 11.0. The van der Waals surface area contributed by atoms with Gasteiger partial charge in [0.2, 0.25) is 0 Å². The minimum absolute atomic E-state index is 0.0254. The van der Waals surface area contributed by atoms with Crippen LogP contribution in [-0.4, -0.2) is 53.5 Å². The molecule has 0 heterocycles. The molecule has 0 aromatic heterocycles. The van der Waals surface area contributed by atoms with Gasteiger partial charge >= 0.3 is 17.9 Å². The first-order chi connectivity index (χ1) is 18.8. The predicted molar refractivity (Wildman–Crippen MR) is 148 cm³/mol. The lowest BCUT2D eigenvalue weighted by molar-refractivity contribution is -0.208. The Morgan fingerprint density at radius 3 is 2.20 bits per heavy atom. The van der Waals surface area contributed by atoms with Crippen LogP contribution >= 0.6 is 0 Å². The molecule has 1 aromatic carbocycles. The summed E-state index contributed by atoms with van der Waals surface area (Å²) < 4.78 is 24.4. The van der Waals surface area contributed by atoms with Crippen LogP contribution in [0.5, 0.6) is 0 Å². The van der Waals surface area contributed by atoms with E-state index in [9.17, 15) is 19.5 Å². The summed E-state index contributed by atoms with van der Waals surface area (Å²) >= 11 is 0. The molecule has 3 aliphatic rings. The maximum Gasteiger partial charge on any atom is 0.303 e. The smallest absolute Gasteiger partial charge is 0.303 e. The van der Waals surface area contributed by atoms with E-state index in [4.69, 9.17) is 18.9 Å². The Hall–Kier alpha value is -2.97. The van der Waals surface area contributed by atoms with Crippen LogP contribution in [0.4, 0.5) is 0 Å². The van der Waals surface area contributed by atoms with E-state index in [0.29, 0.717) is 18.6 Å². The Labute approximate surface area is 236 Å². The van der Waals surface area contributed by atoms with Crippen molar-refractivity contribution in [2.45, 2.75) is 97.9 Å². The molecule has 8 nitrogen and oxygen atoms in total. The summed E-state index contributed by atoms with van der Waals surface area (Å²) in [6.45, 7) is 14.7. The van der Waals surface area contributed by atoms with E-state index in [0.717, 1.165) is 23.1 Å².